The van der Waals surface area contributed by atoms with Crippen LogP contribution in [0.2, 0.25) is 5.02 Å². The van der Waals surface area contributed by atoms with Gasteiger partial charge >= 0.3 is 12.1 Å². The van der Waals surface area contributed by atoms with E-state index in [1.807, 2.05) is 16.8 Å². The van der Waals surface area contributed by atoms with Crippen molar-refractivity contribution in [1.29, 1.82) is 0 Å². The summed E-state index contributed by atoms with van der Waals surface area (Å²) in [6, 6.07) is 11.8. The molecule has 7 rings (SSSR count). The second-order valence-electron chi connectivity index (χ2n) is 11.7. The van der Waals surface area contributed by atoms with Crippen molar-refractivity contribution < 1.29 is 37.3 Å². The Labute approximate surface area is 286 Å². The Morgan fingerprint density at radius 2 is 1.88 bits per heavy atom. The van der Waals surface area contributed by atoms with E-state index >= 15 is 0 Å². The lowest BCUT2D eigenvalue weighted by molar-refractivity contribution is -0.192. The summed E-state index contributed by atoms with van der Waals surface area (Å²) in [5, 5.41) is 27.5. The first-order valence-electron chi connectivity index (χ1n) is 15.4. The number of carbonyl (C=O) groups is 1. The molecule has 3 aromatic heterocycles. The molecule has 2 aromatic carbocycles. The number of ether oxygens (including phenoxy) is 1. The van der Waals surface area contributed by atoms with Crippen LogP contribution in [-0.2, 0) is 30.8 Å². The zero-order chi connectivity index (χ0) is 34.7. The fraction of sp³-hybridized carbons (Fsp3) is 0.333. The number of hydrogen-bond acceptors (Lipinski definition) is 9. The van der Waals surface area contributed by atoms with Gasteiger partial charge in [0.2, 0.25) is 0 Å². The number of carboxylic acid groups (broad SMARTS) is 1. The molecule has 1 saturated heterocycles. The molecule has 0 radical (unpaired) electrons. The highest BCUT2D eigenvalue weighted by molar-refractivity contribution is 7.22. The molecule has 0 bridgehead atoms. The van der Waals surface area contributed by atoms with E-state index in [1.165, 1.54) is 30.5 Å². The molecule has 10 nitrogen and oxygen atoms in total. The maximum Gasteiger partial charge on any atom is 0.490 e. The van der Waals surface area contributed by atoms with Gasteiger partial charge in [0, 0.05) is 28.9 Å². The lowest BCUT2D eigenvalue weighted by atomic mass is 9.95. The number of hydrogen-bond donors (Lipinski definition) is 3. The average molecular weight is 719 g/mol. The highest BCUT2D eigenvalue weighted by Gasteiger charge is 2.38. The van der Waals surface area contributed by atoms with Crippen LogP contribution in [0.5, 0.6) is 5.75 Å². The van der Waals surface area contributed by atoms with E-state index in [4.69, 9.17) is 31.3 Å². The van der Waals surface area contributed by atoms with Crippen LogP contribution in [-0.4, -0.2) is 72.7 Å². The second-order valence-corrected chi connectivity index (χ2v) is 13.1. The Bertz CT molecular complexity index is 1960. The molecule has 0 amide bonds. The van der Waals surface area contributed by atoms with Gasteiger partial charge in [-0.2, -0.15) is 18.3 Å². The largest absolute Gasteiger partial charge is 0.490 e. The molecule has 5 aromatic rings. The van der Waals surface area contributed by atoms with Gasteiger partial charge in [-0.15, -0.1) is 11.3 Å². The van der Waals surface area contributed by atoms with Crippen LogP contribution in [0.3, 0.4) is 0 Å². The first-order chi connectivity index (χ1) is 23.4. The summed E-state index contributed by atoms with van der Waals surface area (Å²) in [4.78, 5) is 22.5. The van der Waals surface area contributed by atoms with Gasteiger partial charge in [-0.3, -0.25) is 4.68 Å². The Hall–Kier alpha value is -4.31. The van der Waals surface area contributed by atoms with Gasteiger partial charge in [0.15, 0.2) is 0 Å². The number of likely N-dealkylation sites (tertiary alicyclic amines) is 1. The van der Waals surface area contributed by atoms with E-state index in [9.17, 15) is 22.7 Å². The molecule has 1 atom stereocenters. The number of alkyl halides is 3. The molecule has 1 aliphatic carbocycles. The molecule has 3 N–H and O–H groups in total. The Kier molecular flexibility index (Phi) is 10.3. The Balaban J connectivity index is 0.000000540. The summed E-state index contributed by atoms with van der Waals surface area (Å²) in [5.74, 6) is -1.82. The predicted molar refractivity (Wildman–Crippen MR) is 177 cm³/mol. The van der Waals surface area contributed by atoms with E-state index < -0.39 is 18.2 Å². The lowest BCUT2D eigenvalue weighted by Crippen LogP contribution is -2.32. The summed E-state index contributed by atoms with van der Waals surface area (Å²) in [5.41, 5.74) is 4.89. The van der Waals surface area contributed by atoms with Crippen LogP contribution in [0.25, 0.3) is 20.7 Å². The van der Waals surface area contributed by atoms with E-state index in [0.717, 1.165) is 69.4 Å². The van der Waals surface area contributed by atoms with Crippen molar-refractivity contribution in [2.75, 3.05) is 25.0 Å². The molecule has 4 heterocycles. The van der Waals surface area contributed by atoms with Crippen LogP contribution >= 0.6 is 22.9 Å². The van der Waals surface area contributed by atoms with E-state index in [2.05, 4.69) is 26.4 Å². The number of carboxylic acids is 1. The third-order valence-electron chi connectivity index (χ3n) is 8.07. The van der Waals surface area contributed by atoms with Crippen molar-refractivity contribution in [3.05, 3.63) is 82.6 Å². The highest BCUT2D eigenvalue weighted by Crippen LogP contribution is 2.45. The van der Waals surface area contributed by atoms with E-state index in [0.29, 0.717) is 23.9 Å². The number of β-amino-alcohol motifs (C(OH)–C–C–N with tert-alkyl or cyclic N) is 1. The van der Waals surface area contributed by atoms with Gasteiger partial charge in [0.1, 0.15) is 35.1 Å². The number of nitrogens with one attached hydrogen (secondary N) is 1. The molecular weight excluding hydrogens is 688 g/mol. The quantitative estimate of drug-likeness (QED) is 0.140. The number of aliphatic carboxylic acids is 1. The maximum absolute atomic E-state index is 13.5. The smallest absolute Gasteiger partial charge is 0.487 e. The number of aliphatic hydroxyl groups is 1. The molecule has 258 valence electrons. The maximum atomic E-state index is 13.5. The molecular formula is C33H31ClF4N6O4S. The number of nitrogens with zero attached hydrogens (tertiary/aromatic N) is 5. The first kappa shape index (κ1) is 34.5. The minimum atomic E-state index is -5.08. The third-order valence-corrected chi connectivity index (χ3v) is 9.54. The average Bonchev–Trinajstić information content (AvgIpc) is 3.79. The number of halogens is 5. The highest BCUT2D eigenvalue weighted by atomic mass is 35.5. The van der Waals surface area contributed by atoms with E-state index in [1.54, 1.807) is 35.9 Å². The Morgan fingerprint density at radius 3 is 2.59 bits per heavy atom. The number of fused-ring (bicyclic) bond motifs is 5. The van der Waals surface area contributed by atoms with Gasteiger partial charge in [-0.25, -0.2) is 19.2 Å². The van der Waals surface area contributed by atoms with Crippen molar-refractivity contribution in [2.45, 2.75) is 51.1 Å². The van der Waals surface area contributed by atoms with Gasteiger partial charge in [-0.05, 0) is 80.2 Å². The number of thiophene rings is 1. The number of aryl methyl sites for hydroxylation is 2. The van der Waals surface area contributed by atoms with Crippen molar-refractivity contribution in [1.82, 2.24) is 24.6 Å². The van der Waals surface area contributed by atoms with Crippen LogP contribution in [0, 0.1) is 5.82 Å². The van der Waals surface area contributed by atoms with Gasteiger partial charge in [0.05, 0.1) is 28.8 Å². The number of anilines is 2. The molecule has 49 heavy (non-hydrogen) atoms. The lowest BCUT2D eigenvalue weighted by Gasteiger charge is -2.19. The molecule has 16 heteroatoms. The van der Waals surface area contributed by atoms with Crippen molar-refractivity contribution in [2.24, 2.45) is 0 Å². The van der Waals surface area contributed by atoms with Crippen molar-refractivity contribution in [3.63, 3.8) is 0 Å². The SMILES string of the molecule is O=C(O)C(F)(F)F.O[C@H](CN1CCCC1)Cn1cc2c(n1)CCc1c-2sc2ncnc(Nc3ccc(OCc4cccc(F)c4)c(Cl)c3)c12. The molecule has 0 unspecified atom stereocenters. The number of rotatable bonds is 9. The molecule has 2 aliphatic rings. The summed E-state index contributed by atoms with van der Waals surface area (Å²) >= 11 is 8.20. The van der Waals surface area contributed by atoms with Crippen molar-refractivity contribution >= 4 is 50.6 Å². The summed E-state index contributed by atoms with van der Waals surface area (Å²) in [6.07, 6.45) is 2.19. The minimum Gasteiger partial charge on any atom is -0.487 e. The van der Waals surface area contributed by atoms with Gasteiger partial charge in [-0.1, -0.05) is 23.7 Å². The fourth-order valence-corrected chi connectivity index (χ4v) is 7.33. The number of aliphatic hydroxyl groups excluding tert-OH is 1. The van der Waals surface area contributed by atoms with Crippen molar-refractivity contribution in [3.8, 4) is 16.2 Å². The van der Waals surface area contributed by atoms with Crippen LogP contribution < -0.4 is 10.1 Å². The van der Waals surface area contributed by atoms with E-state index in [-0.39, 0.29) is 12.4 Å². The third kappa shape index (κ3) is 8.29. The number of aromatic nitrogens is 4. The summed E-state index contributed by atoms with van der Waals surface area (Å²) in [7, 11) is 0. The summed E-state index contributed by atoms with van der Waals surface area (Å²) in [6.45, 7) is 3.52. The predicted octanol–water partition coefficient (Wildman–Crippen LogP) is 6.86. The molecule has 0 saturated carbocycles. The zero-order valence-electron chi connectivity index (χ0n) is 25.9. The standard InChI is InChI=1S/C31H30ClFN6O2S.C2HF3O2/c32-25-13-21(6-9-27(25)41-17-19-4-3-5-20(33)12-19)36-30-28-23-7-8-26-24(29(23)42-31(28)35-18-34-30)16-39(37-26)15-22(40)14-38-10-1-2-11-38;3-2(4,5)1(6)7/h3-6,9,12-13,16,18,22,40H,1-2,7-8,10-11,14-15,17H2,(H,34,35,36);(H,6,7)/t22-;/m1./s1. The fourth-order valence-electron chi connectivity index (χ4n) is 5.87. The summed E-state index contributed by atoms with van der Waals surface area (Å²) < 4.78 is 53.0. The van der Waals surface area contributed by atoms with Crippen LogP contribution in [0.1, 0.15) is 29.7 Å². The van der Waals surface area contributed by atoms with Crippen LogP contribution in [0.4, 0.5) is 29.1 Å². The second kappa shape index (κ2) is 14.7. The first-order valence-corrected chi connectivity index (χ1v) is 16.6. The number of benzene rings is 2. The normalized spacial score (nSPS) is 14.9. The van der Waals surface area contributed by atoms with Crippen LogP contribution in [0.15, 0.2) is 55.0 Å². The monoisotopic (exact) mass is 718 g/mol. The zero-order valence-corrected chi connectivity index (χ0v) is 27.5. The minimum absolute atomic E-state index is 0.216. The topological polar surface area (TPSA) is 126 Å². The Morgan fingerprint density at radius 1 is 1.10 bits per heavy atom. The molecule has 1 fully saturated rings. The van der Waals surface area contributed by atoms with Gasteiger partial charge in [0.25, 0.3) is 0 Å². The molecule has 0 spiro atoms. The van der Waals surface area contributed by atoms with Gasteiger partial charge < -0.3 is 25.2 Å². The molecule has 1 aliphatic heterocycles.